The molecule has 6 heteroatoms. The van der Waals surface area contributed by atoms with E-state index < -0.39 is 0 Å². The third-order valence-electron chi connectivity index (χ3n) is 4.09. The molecule has 0 spiro atoms. The minimum Gasteiger partial charge on any atom is -0.487 e. The van der Waals surface area contributed by atoms with Crippen LogP contribution in [0.5, 0.6) is 0 Å². The quantitative estimate of drug-likeness (QED) is 0.610. The Labute approximate surface area is 165 Å². The second-order valence-electron chi connectivity index (χ2n) is 6.14. The first kappa shape index (κ1) is 19.3. The molecule has 0 atom stereocenters. The number of para-hydroxylation sites is 2. The first-order valence-corrected chi connectivity index (χ1v) is 9.40. The van der Waals surface area contributed by atoms with Gasteiger partial charge in [-0.05, 0) is 25.5 Å². The van der Waals surface area contributed by atoms with E-state index in [4.69, 9.17) is 4.74 Å². The Morgan fingerprint density at radius 3 is 2.43 bits per heavy atom. The maximum atomic E-state index is 11.6. The summed E-state index contributed by atoms with van der Waals surface area (Å²) in [5.74, 6) is 3.31. The highest BCUT2D eigenvalue weighted by Gasteiger charge is 2.23. The first-order chi connectivity index (χ1) is 13.8. The van der Waals surface area contributed by atoms with Gasteiger partial charge in [0.05, 0.1) is 18.0 Å². The van der Waals surface area contributed by atoms with E-state index in [0.717, 1.165) is 29.9 Å². The van der Waals surface area contributed by atoms with Gasteiger partial charge in [-0.2, -0.15) is 0 Å². The van der Waals surface area contributed by atoms with Crippen molar-refractivity contribution < 1.29 is 9.53 Å². The number of carbonyl (C=O) groups excluding carboxylic acids is 1. The van der Waals surface area contributed by atoms with Crippen molar-refractivity contribution in [3.63, 3.8) is 0 Å². The van der Waals surface area contributed by atoms with Gasteiger partial charge in [-0.3, -0.25) is 0 Å². The van der Waals surface area contributed by atoms with Gasteiger partial charge in [-0.25, -0.2) is 9.79 Å². The zero-order valence-corrected chi connectivity index (χ0v) is 16.1. The largest absolute Gasteiger partial charge is 0.487 e. The molecule has 0 bridgehead atoms. The number of hydrogen-bond donors (Lipinski definition) is 3. The fourth-order valence-electron chi connectivity index (χ4n) is 2.79. The van der Waals surface area contributed by atoms with Crippen LogP contribution in [0.25, 0.3) is 0 Å². The van der Waals surface area contributed by atoms with E-state index in [9.17, 15) is 4.79 Å². The molecule has 2 aromatic carbocycles. The summed E-state index contributed by atoms with van der Waals surface area (Å²) in [6, 6.07) is 17.5. The lowest BCUT2D eigenvalue weighted by Crippen LogP contribution is -2.31. The third kappa shape index (κ3) is 4.42. The van der Waals surface area contributed by atoms with Crippen LogP contribution in [0.4, 0.5) is 11.4 Å². The summed E-state index contributed by atoms with van der Waals surface area (Å²) < 4.78 is 5.70. The van der Waals surface area contributed by atoms with Gasteiger partial charge in [0.2, 0.25) is 0 Å². The molecule has 0 saturated heterocycles. The summed E-state index contributed by atoms with van der Waals surface area (Å²) in [6.45, 7) is 5.23. The van der Waals surface area contributed by atoms with Crippen LogP contribution >= 0.6 is 0 Å². The highest BCUT2D eigenvalue weighted by atomic mass is 16.5. The highest BCUT2D eigenvalue weighted by molar-refractivity contribution is 6.03. The number of nitrogens with one attached hydrogen (secondary N) is 3. The molecule has 3 rings (SSSR count). The molecule has 144 valence electrons. The second-order valence-corrected chi connectivity index (χ2v) is 6.14. The number of aliphatic imine (C=N–C) groups is 1. The smallest absolute Gasteiger partial charge is 0.197 e. The van der Waals surface area contributed by atoms with Gasteiger partial charge in [0.25, 0.3) is 0 Å². The van der Waals surface area contributed by atoms with Crippen LogP contribution in [-0.2, 0) is 9.53 Å². The molecule has 0 amide bonds. The molecule has 28 heavy (non-hydrogen) atoms. The molecule has 1 heterocycles. The van der Waals surface area contributed by atoms with Gasteiger partial charge in [0.15, 0.2) is 23.2 Å². The number of ether oxygens (including phenoxy) is 1. The Morgan fingerprint density at radius 2 is 1.75 bits per heavy atom. The van der Waals surface area contributed by atoms with Crippen molar-refractivity contribution in [3.8, 4) is 0 Å². The molecule has 0 aromatic heterocycles. The van der Waals surface area contributed by atoms with Crippen LogP contribution in [-0.4, -0.2) is 24.9 Å². The van der Waals surface area contributed by atoms with Gasteiger partial charge in [0, 0.05) is 12.1 Å². The van der Waals surface area contributed by atoms with Gasteiger partial charge >= 0.3 is 0 Å². The standard InChI is InChI=1S/C22H24N4O2/c1-3-14-23-17-12-8-9-13-18(17)24-22-20(28-4-2)19(15-27)25-21(26-22)16-10-6-5-7-11-16/h5-13,23-24H,3-4,14H2,1-2H3,(H,25,26). The lowest BCUT2D eigenvalue weighted by Gasteiger charge is -2.23. The van der Waals surface area contributed by atoms with Crippen molar-refractivity contribution in [2.75, 3.05) is 23.8 Å². The molecule has 0 aliphatic carbocycles. The monoisotopic (exact) mass is 376 g/mol. The maximum absolute atomic E-state index is 11.6. The van der Waals surface area contributed by atoms with Crippen molar-refractivity contribution in [1.82, 2.24) is 5.32 Å². The van der Waals surface area contributed by atoms with E-state index in [1.807, 2.05) is 67.5 Å². The van der Waals surface area contributed by atoms with Crippen LogP contribution in [0.15, 0.2) is 76.9 Å². The molecule has 3 N–H and O–H groups in total. The summed E-state index contributed by atoms with van der Waals surface area (Å²) in [5.41, 5.74) is 2.89. The van der Waals surface area contributed by atoms with E-state index in [2.05, 4.69) is 27.9 Å². The Morgan fingerprint density at radius 1 is 1.04 bits per heavy atom. The van der Waals surface area contributed by atoms with Gasteiger partial charge < -0.3 is 20.7 Å². The Hall–Kier alpha value is -3.50. The number of rotatable bonds is 8. The maximum Gasteiger partial charge on any atom is 0.197 e. The van der Waals surface area contributed by atoms with Gasteiger partial charge in [-0.1, -0.05) is 49.4 Å². The van der Waals surface area contributed by atoms with Crippen LogP contribution < -0.4 is 16.0 Å². The normalized spacial score (nSPS) is 13.4. The van der Waals surface area contributed by atoms with E-state index in [0.29, 0.717) is 24.0 Å². The summed E-state index contributed by atoms with van der Waals surface area (Å²) >= 11 is 0. The van der Waals surface area contributed by atoms with E-state index >= 15 is 0 Å². The average Bonchev–Trinajstić information content (AvgIpc) is 2.75. The molecule has 0 radical (unpaired) electrons. The fraction of sp³-hybridized carbons (Fsp3) is 0.227. The van der Waals surface area contributed by atoms with Crippen LogP contribution in [0.3, 0.4) is 0 Å². The minimum atomic E-state index is 0.220. The lowest BCUT2D eigenvalue weighted by molar-refractivity contribution is 0.231. The SMILES string of the molecule is CCCNc1ccccc1NC1=C(OCC)C(=C=O)NC(c2ccccc2)=N1. The fourth-order valence-corrected chi connectivity index (χ4v) is 2.79. The van der Waals surface area contributed by atoms with Crippen molar-refractivity contribution in [3.05, 3.63) is 77.4 Å². The number of benzene rings is 2. The predicted octanol–water partition coefficient (Wildman–Crippen LogP) is 3.89. The summed E-state index contributed by atoms with van der Waals surface area (Å²) in [6.07, 6.45) is 1.01. The van der Waals surface area contributed by atoms with Crippen LogP contribution in [0.1, 0.15) is 25.8 Å². The summed E-state index contributed by atoms with van der Waals surface area (Å²) in [5, 5.41) is 9.74. The molecular weight excluding hydrogens is 352 g/mol. The summed E-state index contributed by atoms with van der Waals surface area (Å²) in [7, 11) is 0. The zero-order valence-electron chi connectivity index (χ0n) is 16.1. The molecular formula is C22H24N4O2. The van der Waals surface area contributed by atoms with Gasteiger partial charge in [-0.15, -0.1) is 0 Å². The van der Waals surface area contributed by atoms with Crippen molar-refractivity contribution in [2.45, 2.75) is 20.3 Å². The number of nitrogens with zero attached hydrogens (tertiary/aromatic N) is 1. The van der Waals surface area contributed by atoms with Gasteiger partial charge in [0.1, 0.15) is 5.84 Å². The van der Waals surface area contributed by atoms with Crippen LogP contribution in [0.2, 0.25) is 0 Å². The lowest BCUT2D eigenvalue weighted by atomic mass is 10.1. The van der Waals surface area contributed by atoms with Crippen LogP contribution in [0, 0.1) is 0 Å². The topological polar surface area (TPSA) is 74.8 Å². The molecule has 0 unspecified atom stereocenters. The van der Waals surface area contributed by atoms with E-state index in [1.54, 1.807) is 0 Å². The van der Waals surface area contributed by atoms with Crippen molar-refractivity contribution in [2.24, 2.45) is 4.99 Å². The molecule has 1 aliphatic rings. The Kier molecular flexibility index (Phi) is 6.50. The minimum absolute atomic E-state index is 0.220. The Balaban J connectivity index is 2.03. The second kappa shape index (κ2) is 9.44. The molecule has 1 aliphatic heterocycles. The molecule has 0 fully saturated rings. The molecule has 0 saturated carbocycles. The van der Waals surface area contributed by atoms with Crippen molar-refractivity contribution in [1.29, 1.82) is 0 Å². The zero-order chi connectivity index (χ0) is 19.8. The molecule has 2 aromatic rings. The summed E-state index contributed by atoms with van der Waals surface area (Å²) in [4.78, 5) is 16.3. The average molecular weight is 376 g/mol. The highest BCUT2D eigenvalue weighted by Crippen LogP contribution is 2.27. The van der Waals surface area contributed by atoms with Crippen molar-refractivity contribution >= 4 is 23.2 Å². The number of anilines is 2. The number of amidine groups is 1. The predicted molar refractivity (Wildman–Crippen MR) is 113 cm³/mol. The Bertz CT molecular complexity index is 929. The van der Waals surface area contributed by atoms with E-state index in [-0.39, 0.29) is 5.70 Å². The first-order valence-electron chi connectivity index (χ1n) is 9.40. The molecule has 6 nitrogen and oxygen atoms in total. The third-order valence-corrected chi connectivity index (χ3v) is 4.09. The number of hydrogen-bond acceptors (Lipinski definition) is 6. The van der Waals surface area contributed by atoms with E-state index in [1.165, 1.54) is 0 Å².